The van der Waals surface area contributed by atoms with Crippen LogP contribution in [0.4, 0.5) is 0 Å². The largest absolute Gasteiger partial charge is 0.313 e. The minimum Gasteiger partial charge on any atom is -0.313 e. The van der Waals surface area contributed by atoms with Crippen molar-refractivity contribution in [2.75, 3.05) is 0 Å². The Morgan fingerprint density at radius 3 is 1.66 bits per heavy atom. The second-order valence-corrected chi connectivity index (χ2v) is 13.3. The highest BCUT2D eigenvalue weighted by molar-refractivity contribution is 6.15. The quantitative estimate of drug-likeness (QED) is 0.178. The van der Waals surface area contributed by atoms with Gasteiger partial charge < -0.3 is 9.13 Å². The van der Waals surface area contributed by atoms with E-state index in [0.29, 0.717) is 0 Å². The molecule has 0 radical (unpaired) electrons. The lowest BCUT2D eigenvalue weighted by Gasteiger charge is -2.17. The van der Waals surface area contributed by atoms with E-state index in [2.05, 4.69) is 191 Å². The molecule has 2 heteroatoms. The van der Waals surface area contributed by atoms with Gasteiger partial charge in [0, 0.05) is 44.4 Å². The van der Waals surface area contributed by atoms with E-state index in [1.165, 1.54) is 83.0 Å². The summed E-state index contributed by atoms with van der Waals surface area (Å²) in [5.41, 5.74) is 16.4. The van der Waals surface area contributed by atoms with Crippen LogP contribution >= 0.6 is 0 Å². The molecule has 0 unspecified atom stereocenters. The van der Waals surface area contributed by atoms with Gasteiger partial charge in [-0.05, 0) is 95.3 Å². The lowest BCUT2D eigenvalue weighted by Crippen LogP contribution is -2.05. The van der Waals surface area contributed by atoms with Gasteiger partial charge in [-0.2, -0.15) is 0 Å². The fourth-order valence-electron chi connectivity index (χ4n) is 8.15. The molecule has 0 bridgehead atoms. The monoisotopic (exact) mass is 638 g/mol. The Balaban J connectivity index is 1.24. The van der Waals surface area contributed by atoms with Crippen molar-refractivity contribution < 1.29 is 0 Å². The first-order chi connectivity index (χ1) is 24.8. The number of fused-ring (bicyclic) bond motifs is 6. The molecule has 9 aromatic rings. The lowest BCUT2D eigenvalue weighted by atomic mass is 9.90. The lowest BCUT2D eigenvalue weighted by molar-refractivity contribution is 0.898. The average Bonchev–Trinajstić information content (AvgIpc) is 3.71. The first-order valence-electron chi connectivity index (χ1n) is 17.5. The fourth-order valence-corrected chi connectivity index (χ4v) is 8.15. The summed E-state index contributed by atoms with van der Waals surface area (Å²) in [7, 11) is 0. The molecule has 0 aliphatic heterocycles. The molecular formula is C48H34N2. The molecular weight excluding hydrogens is 605 g/mol. The molecule has 0 spiro atoms. The number of para-hydroxylation sites is 3. The highest BCUT2D eigenvalue weighted by Gasteiger charge is 2.23. The van der Waals surface area contributed by atoms with Gasteiger partial charge in [-0.1, -0.05) is 127 Å². The molecule has 0 saturated carbocycles. The summed E-state index contributed by atoms with van der Waals surface area (Å²) in [6.07, 6.45) is 4.47. The van der Waals surface area contributed by atoms with Gasteiger partial charge in [-0.3, -0.25) is 0 Å². The molecule has 0 fully saturated rings. The number of nitrogens with zero attached hydrogens (tertiary/aromatic N) is 2. The van der Waals surface area contributed by atoms with Crippen LogP contribution < -0.4 is 0 Å². The highest BCUT2D eigenvalue weighted by atomic mass is 15.0. The SMILES string of the molecule is C1=C(c2ccccc2)CCc2c1c1cc(-c3cccc4c5cc(-c6ccccc6)ccc5n(-c5ccccc5)c34)ccc1n2-c1ccccc1. The van der Waals surface area contributed by atoms with Gasteiger partial charge in [-0.15, -0.1) is 0 Å². The van der Waals surface area contributed by atoms with E-state index in [-0.39, 0.29) is 0 Å². The fraction of sp³-hybridized carbons (Fsp3) is 0.0417. The first kappa shape index (κ1) is 28.6. The van der Waals surface area contributed by atoms with Gasteiger partial charge in [0.1, 0.15) is 0 Å². The maximum atomic E-state index is 2.49. The number of hydrogen-bond donors (Lipinski definition) is 0. The molecule has 7 aromatic carbocycles. The van der Waals surface area contributed by atoms with E-state index in [4.69, 9.17) is 0 Å². The van der Waals surface area contributed by atoms with Crippen molar-refractivity contribution in [1.82, 2.24) is 9.13 Å². The number of allylic oxidation sites excluding steroid dienone is 1. The maximum Gasteiger partial charge on any atom is 0.0619 e. The van der Waals surface area contributed by atoms with Crippen molar-refractivity contribution in [1.29, 1.82) is 0 Å². The Labute approximate surface area is 291 Å². The second kappa shape index (κ2) is 11.6. The predicted molar refractivity (Wildman–Crippen MR) is 211 cm³/mol. The van der Waals surface area contributed by atoms with Gasteiger partial charge >= 0.3 is 0 Å². The molecule has 0 atom stereocenters. The Morgan fingerprint density at radius 2 is 0.960 bits per heavy atom. The topological polar surface area (TPSA) is 9.86 Å². The Kier molecular flexibility index (Phi) is 6.67. The normalized spacial score (nSPS) is 12.8. The number of benzene rings is 7. The molecule has 236 valence electrons. The Hall–Kier alpha value is -6.38. The molecule has 2 nitrogen and oxygen atoms in total. The number of aromatic nitrogens is 2. The van der Waals surface area contributed by atoms with Crippen LogP contribution in [0.1, 0.15) is 23.2 Å². The van der Waals surface area contributed by atoms with E-state index in [0.717, 1.165) is 18.5 Å². The summed E-state index contributed by atoms with van der Waals surface area (Å²) < 4.78 is 4.94. The van der Waals surface area contributed by atoms with Crippen LogP contribution in [-0.2, 0) is 6.42 Å². The van der Waals surface area contributed by atoms with E-state index >= 15 is 0 Å². The molecule has 1 aliphatic rings. The molecule has 2 heterocycles. The third-order valence-electron chi connectivity index (χ3n) is 10.4. The number of rotatable bonds is 5. The zero-order valence-corrected chi connectivity index (χ0v) is 27.6. The van der Waals surface area contributed by atoms with E-state index in [1.54, 1.807) is 0 Å². The highest BCUT2D eigenvalue weighted by Crippen LogP contribution is 2.43. The minimum absolute atomic E-state index is 0.997. The molecule has 0 saturated heterocycles. The second-order valence-electron chi connectivity index (χ2n) is 13.3. The van der Waals surface area contributed by atoms with Gasteiger partial charge in [0.2, 0.25) is 0 Å². The predicted octanol–water partition coefficient (Wildman–Crippen LogP) is 12.5. The van der Waals surface area contributed by atoms with E-state index in [1.807, 2.05) is 0 Å². The van der Waals surface area contributed by atoms with Crippen LogP contribution in [-0.4, -0.2) is 9.13 Å². The maximum absolute atomic E-state index is 2.49. The van der Waals surface area contributed by atoms with Crippen molar-refractivity contribution in [2.24, 2.45) is 0 Å². The van der Waals surface area contributed by atoms with E-state index < -0.39 is 0 Å². The summed E-state index contributed by atoms with van der Waals surface area (Å²) in [5.74, 6) is 0. The van der Waals surface area contributed by atoms with Crippen molar-refractivity contribution in [3.63, 3.8) is 0 Å². The van der Waals surface area contributed by atoms with E-state index in [9.17, 15) is 0 Å². The average molecular weight is 639 g/mol. The van der Waals surface area contributed by atoms with Crippen LogP contribution in [0.3, 0.4) is 0 Å². The van der Waals surface area contributed by atoms with Crippen molar-refractivity contribution in [3.8, 4) is 33.6 Å². The zero-order chi connectivity index (χ0) is 33.0. The third kappa shape index (κ3) is 4.57. The Bertz CT molecular complexity index is 2710. The van der Waals surface area contributed by atoms with Crippen molar-refractivity contribution >= 4 is 44.4 Å². The van der Waals surface area contributed by atoms with Crippen molar-refractivity contribution in [2.45, 2.75) is 12.8 Å². The summed E-state index contributed by atoms with van der Waals surface area (Å²) in [4.78, 5) is 0. The molecule has 0 amide bonds. The van der Waals surface area contributed by atoms with Crippen LogP contribution in [0.5, 0.6) is 0 Å². The number of hydrogen-bond acceptors (Lipinski definition) is 0. The summed E-state index contributed by atoms with van der Waals surface area (Å²) in [5, 5.41) is 3.81. The van der Waals surface area contributed by atoms with Crippen LogP contribution in [0.25, 0.3) is 78.0 Å². The summed E-state index contributed by atoms with van der Waals surface area (Å²) >= 11 is 0. The van der Waals surface area contributed by atoms with Crippen LogP contribution in [0.2, 0.25) is 0 Å². The first-order valence-corrected chi connectivity index (χ1v) is 17.5. The van der Waals surface area contributed by atoms with Gasteiger partial charge in [-0.25, -0.2) is 0 Å². The standard InChI is InChI=1S/C48H34N2/c1-5-14-33(15-6-1)35-25-28-47-42(30-35)41-23-13-22-40(48(41)50(47)39-20-11-4-12-21-39)37-26-29-46-44(32-37)43-31-36(34-16-7-2-8-17-34)24-27-45(43)49(46)38-18-9-3-10-19-38/h1-23,25-26,28-32H,24,27H2. The van der Waals surface area contributed by atoms with Crippen LogP contribution in [0, 0.1) is 0 Å². The van der Waals surface area contributed by atoms with Gasteiger partial charge in [0.15, 0.2) is 0 Å². The molecule has 10 rings (SSSR count). The molecule has 2 aromatic heterocycles. The smallest absolute Gasteiger partial charge is 0.0619 e. The zero-order valence-electron chi connectivity index (χ0n) is 27.6. The molecule has 0 N–H and O–H groups in total. The summed E-state index contributed by atoms with van der Waals surface area (Å²) in [6, 6.07) is 64.0. The van der Waals surface area contributed by atoms with Gasteiger partial charge in [0.05, 0.1) is 16.6 Å². The Morgan fingerprint density at radius 1 is 0.380 bits per heavy atom. The third-order valence-corrected chi connectivity index (χ3v) is 10.4. The molecule has 50 heavy (non-hydrogen) atoms. The molecule has 1 aliphatic carbocycles. The van der Waals surface area contributed by atoms with Gasteiger partial charge in [0.25, 0.3) is 0 Å². The minimum atomic E-state index is 0.997. The van der Waals surface area contributed by atoms with Crippen molar-refractivity contribution in [3.05, 3.63) is 193 Å². The summed E-state index contributed by atoms with van der Waals surface area (Å²) in [6.45, 7) is 0. The van der Waals surface area contributed by atoms with Crippen LogP contribution in [0.15, 0.2) is 176 Å².